The molecule has 25 heavy (non-hydrogen) atoms. The van der Waals surface area contributed by atoms with E-state index in [0.717, 1.165) is 25.3 Å². The Morgan fingerprint density at radius 2 is 2.04 bits per heavy atom. The van der Waals surface area contributed by atoms with Crippen LogP contribution in [0, 0.1) is 0 Å². The van der Waals surface area contributed by atoms with Crippen LogP contribution in [0.15, 0.2) is 47.4 Å². The van der Waals surface area contributed by atoms with Crippen LogP contribution in [0.4, 0.5) is 0 Å². The molecule has 0 bridgehead atoms. The molecule has 1 saturated heterocycles. The van der Waals surface area contributed by atoms with Crippen molar-refractivity contribution in [2.24, 2.45) is 7.05 Å². The lowest BCUT2D eigenvalue weighted by atomic mass is 10.1. The van der Waals surface area contributed by atoms with Gasteiger partial charge in [0.05, 0.1) is 18.6 Å². The van der Waals surface area contributed by atoms with Gasteiger partial charge in [0.15, 0.2) is 0 Å². The Balaban J connectivity index is 1.50. The van der Waals surface area contributed by atoms with Crippen molar-refractivity contribution >= 4 is 0 Å². The van der Waals surface area contributed by atoms with E-state index in [1.807, 2.05) is 17.7 Å². The van der Waals surface area contributed by atoms with Crippen LogP contribution in [-0.2, 0) is 18.3 Å². The molecule has 1 aliphatic rings. The molecule has 7 nitrogen and oxygen atoms in total. The first kappa shape index (κ1) is 16.0. The van der Waals surface area contributed by atoms with Crippen molar-refractivity contribution in [3.8, 4) is 11.5 Å². The number of rotatable bonds is 4. The number of aromatic nitrogens is 4. The average Bonchev–Trinajstić information content (AvgIpc) is 3.24. The van der Waals surface area contributed by atoms with Crippen LogP contribution in [0.3, 0.4) is 0 Å². The second kappa shape index (κ2) is 6.78. The molecule has 0 N–H and O–H groups in total. The third kappa shape index (κ3) is 3.47. The number of benzene rings is 1. The largest absolute Gasteiger partial charge is 0.363 e. The second-order valence-corrected chi connectivity index (χ2v) is 6.46. The van der Waals surface area contributed by atoms with Crippen LogP contribution >= 0.6 is 0 Å². The lowest BCUT2D eigenvalue weighted by Crippen LogP contribution is -2.42. The van der Waals surface area contributed by atoms with Crippen LogP contribution in [0.5, 0.6) is 0 Å². The number of hydrogen-bond donors (Lipinski definition) is 0. The van der Waals surface area contributed by atoms with Gasteiger partial charge in [-0.2, -0.15) is 4.98 Å². The molecular weight excluding hydrogens is 318 g/mol. The van der Waals surface area contributed by atoms with Crippen LogP contribution in [0.25, 0.3) is 11.5 Å². The van der Waals surface area contributed by atoms with Gasteiger partial charge in [0, 0.05) is 26.7 Å². The first-order chi connectivity index (χ1) is 12.2. The Bertz CT molecular complexity index is 829. The fourth-order valence-electron chi connectivity index (χ4n) is 3.19. The molecule has 0 aliphatic carbocycles. The second-order valence-electron chi connectivity index (χ2n) is 6.46. The summed E-state index contributed by atoms with van der Waals surface area (Å²) in [6, 6.07) is 10.4. The molecule has 4 rings (SSSR count). The van der Waals surface area contributed by atoms with E-state index in [0.29, 0.717) is 11.7 Å². The average molecular weight is 339 g/mol. The quantitative estimate of drug-likeness (QED) is 0.727. The molecule has 2 aromatic heterocycles. The first-order valence-electron chi connectivity index (χ1n) is 8.41. The molecule has 0 saturated carbocycles. The summed E-state index contributed by atoms with van der Waals surface area (Å²) in [6.45, 7) is 4.57. The first-order valence-corrected chi connectivity index (χ1v) is 8.41. The van der Waals surface area contributed by atoms with Gasteiger partial charge in [-0.25, -0.2) is 4.98 Å². The van der Waals surface area contributed by atoms with Crippen LogP contribution in [-0.4, -0.2) is 43.8 Å². The van der Waals surface area contributed by atoms with Gasteiger partial charge in [0.1, 0.15) is 11.8 Å². The Morgan fingerprint density at radius 1 is 1.20 bits per heavy atom. The van der Waals surface area contributed by atoms with Crippen molar-refractivity contribution in [2.75, 3.05) is 13.1 Å². The Morgan fingerprint density at radius 3 is 2.80 bits per heavy atom. The third-order valence-electron chi connectivity index (χ3n) is 4.35. The molecule has 130 valence electrons. The van der Waals surface area contributed by atoms with E-state index in [9.17, 15) is 0 Å². The summed E-state index contributed by atoms with van der Waals surface area (Å²) in [5.41, 5.74) is 2.11. The molecule has 3 aromatic rings. The van der Waals surface area contributed by atoms with E-state index in [2.05, 4.69) is 51.2 Å². The van der Waals surface area contributed by atoms with Gasteiger partial charge in [-0.3, -0.25) is 4.90 Å². The number of aryl methyl sites for hydroxylation is 1. The van der Waals surface area contributed by atoms with Gasteiger partial charge in [0.25, 0.3) is 5.89 Å². The zero-order valence-corrected chi connectivity index (χ0v) is 14.4. The number of morpholine rings is 1. The monoisotopic (exact) mass is 339 g/mol. The molecule has 0 unspecified atom stereocenters. The molecule has 0 radical (unpaired) electrons. The van der Waals surface area contributed by atoms with Crippen LogP contribution < -0.4 is 0 Å². The summed E-state index contributed by atoms with van der Waals surface area (Å²) in [6.07, 6.45) is 3.32. The standard InChI is InChI=1S/C18H21N5O2/c1-13-9-23(10-14-6-4-3-5-7-14)11-16(24-13)18-20-17(21-25-18)15-8-19-12-22(15)2/h3-8,12-13,16H,9-11H2,1-2H3/t13-,16-/m1/s1. The van der Waals surface area contributed by atoms with Gasteiger partial charge >= 0.3 is 0 Å². The normalized spacial score (nSPS) is 21.5. The highest BCUT2D eigenvalue weighted by Crippen LogP contribution is 2.26. The smallest absolute Gasteiger partial charge is 0.257 e. The zero-order chi connectivity index (χ0) is 17.2. The molecule has 0 spiro atoms. The Labute approximate surface area is 146 Å². The minimum absolute atomic E-state index is 0.106. The van der Waals surface area contributed by atoms with Crippen molar-refractivity contribution in [2.45, 2.75) is 25.7 Å². The molecule has 2 atom stereocenters. The maximum absolute atomic E-state index is 6.04. The summed E-state index contributed by atoms with van der Waals surface area (Å²) in [4.78, 5) is 11.0. The number of ether oxygens (including phenoxy) is 1. The van der Waals surface area contributed by atoms with Gasteiger partial charge in [-0.05, 0) is 12.5 Å². The highest BCUT2D eigenvalue weighted by molar-refractivity contribution is 5.47. The van der Waals surface area contributed by atoms with Gasteiger partial charge < -0.3 is 13.8 Å². The number of imidazole rings is 1. The molecule has 0 amide bonds. The van der Waals surface area contributed by atoms with E-state index in [1.165, 1.54) is 5.56 Å². The van der Waals surface area contributed by atoms with Gasteiger partial charge in [0.2, 0.25) is 5.82 Å². The maximum atomic E-state index is 6.04. The highest BCUT2D eigenvalue weighted by atomic mass is 16.5. The lowest BCUT2D eigenvalue weighted by molar-refractivity contribution is -0.0930. The summed E-state index contributed by atoms with van der Waals surface area (Å²) in [7, 11) is 1.90. The predicted octanol–water partition coefficient (Wildman–Crippen LogP) is 2.43. The molecule has 7 heteroatoms. The Kier molecular flexibility index (Phi) is 4.33. The van der Waals surface area contributed by atoms with E-state index in [4.69, 9.17) is 9.26 Å². The highest BCUT2D eigenvalue weighted by Gasteiger charge is 2.30. The van der Waals surface area contributed by atoms with Crippen LogP contribution in [0.1, 0.15) is 24.5 Å². The van der Waals surface area contributed by atoms with E-state index in [-0.39, 0.29) is 12.2 Å². The van der Waals surface area contributed by atoms with Gasteiger partial charge in [-0.1, -0.05) is 35.5 Å². The maximum Gasteiger partial charge on any atom is 0.257 e. The minimum atomic E-state index is -0.220. The third-order valence-corrected chi connectivity index (χ3v) is 4.35. The van der Waals surface area contributed by atoms with Crippen LogP contribution in [0.2, 0.25) is 0 Å². The molecular formula is C18H21N5O2. The predicted molar refractivity (Wildman–Crippen MR) is 91.5 cm³/mol. The lowest BCUT2D eigenvalue weighted by Gasteiger charge is -2.35. The SMILES string of the molecule is C[C@@H]1CN(Cc2ccccc2)C[C@H](c2nc(-c3cncn3C)no2)O1. The Hall–Kier alpha value is -2.51. The van der Waals surface area contributed by atoms with Crippen molar-refractivity contribution in [3.05, 3.63) is 54.3 Å². The van der Waals surface area contributed by atoms with Crippen molar-refractivity contribution < 1.29 is 9.26 Å². The fourth-order valence-corrected chi connectivity index (χ4v) is 3.19. The van der Waals surface area contributed by atoms with Crippen molar-refractivity contribution in [3.63, 3.8) is 0 Å². The fraction of sp³-hybridized carbons (Fsp3) is 0.389. The van der Waals surface area contributed by atoms with E-state index >= 15 is 0 Å². The summed E-state index contributed by atoms with van der Waals surface area (Å²) < 4.78 is 13.4. The van der Waals surface area contributed by atoms with E-state index in [1.54, 1.807) is 12.5 Å². The molecule has 1 fully saturated rings. The number of nitrogens with zero attached hydrogens (tertiary/aromatic N) is 5. The zero-order valence-electron chi connectivity index (χ0n) is 14.4. The van der Waals surface area contributed by atoms with Crippen molar-refractivity contribution in [1.29, 1.82) is 0 Å². The summed E-state index contributed by atoms with van der Waals surface area (Å²) in [5.74, 6) is 1.05. The topological polar surface area (TPSA) is 69.2 Å². The molecule has 1 aromatic carbocycles. The molecule has 3 heterocycles. The van der Waals surface area contributed by atoms with Gasteiger partial charge in [-0.15, -0.1) is 0 Å². The summed E-state index contributed by atoms with van der Waals surface area (Å²) >= 11 is 0. The minimum Gasteiger partial charge on any atom is -0.363 e. The van der Waals surface area contributed by atoms with E-state index < -0.39 is 0 Å². The van der Waals surface area contributed by atoms with Crippen molar-refractivity contribution in [1.82, 2.24) is 24.6 Å². The molecule has 1 aliphatic heterocycles. The number of hydrogen-bond acceptors (Lipinski definition) is 6. The summed E-state index contributed by atoms with van der Waals surface area (Å²) in [5, 5.41) is 4.08.